The Morgan fingerprint density at radius 3 is 2.29 bits per heavy atom. The van der Waals surface area contributed by atoms with Crippen LogP contribution in [0.3, 0.4) is 0 Å². The molecule has 8 nitrogen and oxygen atoms in total. The van der Waals surface area contributed by atoms with Gasteiger partial charge in [0.1, 0.15) is 5.75 Å². The number of anilines is 1. The van der Waals surface area contributed by atoms with Gasteiger partial charge in [-0.1, -0.05) is 83.9 Å². The third kappa shape index (κ3) is 6.77. The van der Waals surface area contributed by atoms with E-state index in [0.717, 1.165) is 9.87 Å². The van der Waals surface area contributed by atoms with E-state index in [1.807, 2.05) is 30.3 Å². The van der Waals surface area contributed by atoms with E-state index in [0.29, 0.717) is 33.6 Å². The van der Waals surface area contributed by atoms with Gasteiger partial charge in [-0.3, -0.25) is 9.59 Å². The molecule has 1 aliphatic heterocycles. The summed E-state index contributed by atoms with van der Waals surface area (Å²) in [7, 11) is -4.15. The predicted octanol–water partition coefficient (Wildman–Crippen LogP) is 5.29. The highest BCUT2D eigenvalue weighted by Gasteiger charge is 2.36. The van der Waals surface area contributed by atoms with Crippen molar-refractivity contribution in [2.75, 3.05) is 18.0 Å². The second-order valence-corrected chi connectivity index (χ2v) is 12.4. The summed E-state index contributed by atoms with van der Waals surface area (Å²) in [6, 6.07) is 28.8. The van der Waals surface area contributed by atoms with Crippen molar-refractivity contribution in [3.05, 3.63) is 124 Å². The molecule has 0 unspecified atom stereocenters. The molecule has 0 saturated carbocycles. The fourth-order valence-electron chi connectivity index (χ4n) is 4.54. The number of carbonyl (C=O) groups excluding carboxylic acids is 2. The normalized spacial score (nSPS) is 14.6. The summed E-state index contributed by atoms with van der Waals surface area (Å²) in [5, 5.41) is 3.60. The third-order valence-corrected chi connectivity index (χ3v) is 9.17. The van der Waals surface area contributed by atoms with Gasteiger partial charge < -0.3 is 15.0 Å². The van der Waals surface area contributed by atoms with Gasteiger partial charge in [0.05, 0.1) is 23.7 Å². The molecule has 0 aromatic heterocycles. The molecular weight excluding hydrogens is 597 g/mol. The van der Waals surface area contributed by atoms with Crippen molar-refractivity contribution in [3.63, 3.8) is 0 Å². The molecule has 5 rings (SSSR count). The van der Waals surface area contributed by atoms with Crippen LogP contribution in [0, 0.1) is 0 Å². The molecule has 0 bridgehead atoms. The Balaban J connectivity index is 1.41. The topological polar surface area (TPSA) is 96.0 Å². The van der Waals surface area contributed by atoms with Gasteiger partial charge in [-0.05, 0) is 53.6 Å². The molecule has 1 atom stereocenters. The number of sulfonamides is 1. The first-order valence-electron chi connectivity index (χ1n) is 13.1. The fourth-order valence-corrected chi connectivity index (χ4v) is 6.23. The summed E-state index contributed by atoms with van der Waals surface area (Å²) in [5.41, 5.74) is 1.89. The van der Waals surface area contributed by atoms with E-state index in [-0.39, 0.29) is 18.0 Å². The lowest BCUT2D eigenvalue weighted by Gasteiger charge is -2.35. The van der Waals surface area contributed by atoms with E-state index >= 15 is 0 Å². The van der Waals surface area contributed by atoms with Gasteiger partial charge in [-0.2, -0.15) is 4.31 Å². The summed E-state index contributed by atoms with van der Waals surface area (Å²) < 4.78 is 34.6. The number of rotatable bonds is 9. The van der Waals surface area contributed by atoms with Crippen LogP contribution in [0.1, 0.15) is 11.1 Å². The van der Waals surface area contributed by atoms with E-state index in [1.54, 1.807) is 48.5 Å². The van der Waals surface area contributed by atoms with Crippen molar-refractivity contribution in [2.45, 2.75) is 24.1 Å². The Labute approximate surface area is 254 Å². The highest BCUT2D eigenvalue weighted by Crippen LogP contribution is 2.34. The molecule has 0 spiro atoms. The van der Waals surface area contributed by atoms with E-state index in [4.69, 9.17) is 27.9 Å². The van der Waals surface area contributed by atoms with E-state index in [2.05, 4.69) is 5.32 Å². The van der Waals surface area contributed by atoms with Gasteiger partial charge in [-0.15, -0.1) is 0 Å². The molecule has 4 aromatic rings. The van der Waals surface area contributed by atoms with Crippen molar-refractivity contribution in [1.82, 2.24) is 9.62 Å². The van der Waals surface area contributed by atoms with Crippen LogP contribution in [-0.2, 0) is 32.7 Å². The molecule has 1 N–H and O–H groups in total. The zero-order valence-electron chi connectivity index (χ0n) is 22.3. The number of carbonyl (C=O) groups is 2. The van der Waals surface area contributed by atoms with Gasteiger partial charge in [0, 0.05) is 23.1 Å². The summed E-state index contributed by atoms with van der Waals surface area (Å²) in [5.74, 6) is -0.584. The van der Waals surface area contributed by atoms with E-state index < -0.39 is 34.5 Å². The van der Waals surface area contributed by atoms with Gasteiger partial charge in [0.15, 0.2) is 6.10 Å². The highest BCUT2D eigenvalue weighted by molar-refractivity contribution is 7.89. The average molecular weight is 625 g/mol. The minimum atomic E-state index is -4.15. The van der Waals surface area contributed by atoms with Crippen LogP contribution in [0.4, 0.5) is 5.69 Å². The molecular formula is C31H27Cl2N3O5S. The maximum absolute atomic E-state index is 13.9. The number of hydrogen-bond acceptors (Lipinski definition) is 5. The fraction of sp³-hybridized carbons (Fsp3) is 0.161. The largest absolute Gasteiger partial charge is 0.477 e. The first-order valence-corrected chi connectivity index (χ1v) is 15.3. The maximum Gasteiger partial charge on any atom is 0.263 e. The van der Waals surface area contributed by atoms with E-state index in [9.17, 15) is 18.0 Å². The number of nitrogens with zero attached hydrogens (tertiary/aromatic N) is 2. The lowest BCUT2D eigenvalue weighted by Crippen LogP contribution is -2.52. The van der Waals surface area contributed by atoms with Crippen LogP contribution in [0.15, 0.2) is 108 Å². The minimum Gasteiger partial charge on any atom is -0.477 e. The lowest BCUT2D eigenvalue weighted by molar-refractivity contribution is -0.128. The molecule has 0 saturated heterocycles. The molecule has 2 amide bonds. The summed E-state index contributed by atoms with van der Waals surface area (Å²) in [6.07, 6.45) is -1.00. The Morgan fingerprint density at radius 2 is 1.55 bits per heavy atom. The van der Waals surface area contributed by atoms with Crippen molar-refractivity contribution < 1.29 is 22.7 Å². The predicted molar refractivity (Wildman–Crippen MR) is 162 cm³/mol. The number of benzene rings is 4. The number of para-hydroxylation sites is 2. The molecule has 0 radical (unpaired) electrons. The second-order valence-electron chi connectivity index (χ2n) is 9.60. The van der Waals surface area contributed by atoms with Crippen LogP contribution in [-0.4, -0.2) is 43.7 Å². The first-order chi connectivity index (χ1) is 20.2. The molecule has 4 aromatic carbocycles. The minimum absolute atomic E-state index is 0.0210. The van der Waals surface area contributed by atoms with Gasteiger partial charge in [0.2, 0.25) is 15.9 Å². The van der Waals surface area contributed by atoms with Crippen LogP contribution >= 0.6 is 23.2 Å². The maximum atomic E-state index is 13.9. The third-order valence-electron chi connectivity index (χ3n) is 6.74. The zero-order chi connectivity index (χ0) is 29.7. The molecule has 0 aliphatic carbocycles. The number of fused-ring (bicyclic) bond motifs is 1. The number of nitrogens with one attached hydrogen (secondary N) is 1. The molecule has 1 aliphatic rings. The molecule has 11 heteroatoms. The summed E-state index contributed by atoms with van der Waals surface area (Å²) in [6.45, 7) is -0.469. The Hall–Kier alpha value is -3.89. The molecule has 0 fully saturated rings. The van der Waals surface area contributed by atoms with Crippen molar-refractivity contribution in [3.8, 4) is 5.75 Å². The lowest BCUT2D eigenvalue weighted by atomic mass is 10.1. The SMILES string of the molecule is O=C(NCc1ccccc1)[C@H]1CN(C(=O)CN(Cc2ccccc2Cl)S(=O)(=O)c2ccc(Cl)cc2)c2ccccc2O1. The van der Waals surface area contributed by atoms with Crippen LogP contribution in [0.2, 0.25) is 10.0 Å². The van der Waals surface area contributed by atoms with Crippen LogP contribution < -0.4 is 15.0 Å². The smallest absolute Gasteiger partial charge is 0.263 e. The quantitative estimate of drug-likeness (QED) is 0.273. The Kier molecular flexibility index (Phi) is 9.13. The van der Waals surface area contributed by atoms with Gasteiger partial charge >= 0.3 is 0 Å². The van der Waals surface area contributed by atoms with Crippen LogP contribution in [0.25, 0.3) is 0 Å². The van der Waals surface area contributed by atoms with Gasteiger partial charge in [-0.25, -0.2) is 8.42 Å². The Morgan fingerprint density at radius 1 is 0.881 bits per heavy atom. The van der Waals surface area contributed by atoms with Crippen molar-refractivity contribution in [2.24, 2.45) is 0 Å². The number of halogens is 2. The van der Waals surface area contributed by atoms with Crippen LogP contribution in [0.5, 0.6) is 5.75 Å². The zero-order valence-corrected chi connectivity index (χ0v) is 24.6. The average Bonchev–Trinajstić information content (AvgIpc) is 3.00. The van der Waals surface area contributed by atoms with Crippen molar-refractivity contribution >= 4 is 50.7 Å². The first kappa shape index (κ1) is 29.6. The molecule has 42 heavy (non-hydrogen) atoms. The number of amides is 2. The monoisotopic (exact) mass is 623 g/mol. The molecule has 216 valence electrons. The van der Waals surface area contributed by atoms with Crippen molar-refractivity contribution in [1.29, 1.82) is 0 Å². The second kappa shape index (κ2) is 13.0. The molecule has 1 heterocycles. The highest BCUT2D eigenvalue weighted by atomic mass is 35.5. The standard InChI is InChI=1S/C31H27Cl2N3O5S/c32-24-14-16-25(17-15-24)42(39,40)35(19-23-10-4-5-11-26(23)33)21-30(37)36-20-29(41-28-13-7-6-12-27(28)36)31(38)34-18-22-8-2-1-3-9-22/h1-17,29H,18-21H2,(H,34,38)/t29-/m1/s1. The number of ether oxygens (including phenoxy) is 1. The number of hydrogen-bond donors (Lipinski definition) is 1. The van der Waals surface area contributed by atoms with Gasteiger partial charge in [0.25, 0.3) is 5.91 Å². The Bertz CT molecular complexity index is 1680. The summed E-state index contributed by atoms with van der Waals surface area (Å²) in [4.78, 5) is 28.4. The summed E-state index contributed by atoms with van der Waals surface area (Å²) >= 11 is 12.4. The van der Waals surface area contributed by atoms with E-state index in [1.165, 1.54) is 29.2 Å².